The molecule has 1 atom stereocenters. The number of likely N-dealkylation sites (N-methyl/N-ethyl adjacent to an activating group) is 1. The molecule has 1 fully saturated rings. The molecule has 1 saturated heterocycles. The number of hydrogen-bond acceptors (Lipinski definition) is 6. The molecule has 0 spiro atoms. The number of piperazine rings is 1. The number of nitrogens with zero attached hydrogens (tertiary/aromatic N) is 3. The van der Waals surface area contributed by atoms with E-state index >= 15 is 0 Å². The summed E-state index contributed by atoms with van der Waals surface area (Å²) >= 11 is 6.06. The fourth-order valence-electron chi connectivity index (χ4n) is 4.64. The Kier molecular flexibility index (Phi) is 8.53. The smallest absolute Gasteiger partial charge is 0.338 e. The van der Waals surface area contributed by atoms with Gasteiger partial charge in [0, 0.05) is 50.0 Å². The third kappa shape index (κ3) is 5.82. The second-order valence-corrected chi connectivity index (χ2v) is 11.1. The van der Waals surface area contributed by atoms with Crippen LogP contribution in [0.3, 0.4) is 0 Å². The molecule has 0 bridgehead atoms. The van der Waals surface area contributed by atoms with Gasteiger partial charge < -0.3 is 10.1 Å². The number of rotatable bonds is 8. The van der Waals surface area contributed by atoms with E-state index in [-0.39, 0.29) is 17.5 Å². The van der Waals surface area contributed by atoms with Gasteiger partial charge in [-0.3, -0.25) is 9.80 Å². The molecule has 0 saturated carbocycles. The maximum Gasteiger partial charge on any atom is 0.338 e. The molecule has 0 aromatic heterocycles. The van der Waals surface area contributed by atoms with Gasteiger partial charge in [-0.1, -0.05) is 41.9 Å². The Balaban J connectivity index is 1.62. The van der Waals surface area contributed by atoms with E-state index in [1.54, 1.807) is 66.4 Å². The zero-order chi connectivity index (χ0) is 26.6. The van der Waals surface area contributed by atoms with E-state index in [0.717, 1.165) is 0 Å². The lowest BCUT2D eigenvalue weighted by atomic mass is 9.94. The molecule has 0 aliphatic carbocycles. The summed E-state index contributed by atoms with van der Waals surface area (Å²) in [6.07, 6.45) is 0. The number of carbonyl (C=O) groups is 2. The van der Waals surface area contributed by atoms with Crippen LogP contribution < -0.4 is 5.32 Å². The third-order valence-electron chi connectivity index (χ3n) is 6.54. The van der Waals surface area contributed by atoms with E-state index in [4.69, 9.17) is 16.3 Å². The zero-order valence-electron chi connectivity index (χ0n) is 20.9. The summed E-state index contributed by atoms with van der Waals surface area (Å²) in [5.41, 5.74) is 1.64. The molecule has 198 valence electrons. The van der Waals surface area contributed by atoms with Crippen LogP contribution in [-0.4, -0.2) is 80.4 Å². The number of nitrogens with one attached hydrogen (secondary N) is 1. The largest absolute Gasteiger partial charge is 0.463 e. The number of amides is 2. The van der Waals surface area contributed by atoms with E-state index in [9.17, 15) is 18.0 Å². The van der Waals surface area contributed by atoms with Gasteiger partial charge in [0.15, 0.2) is 0 Å². The van der Waals surface area contributed by atoms with E-state index in [2.05, 4.69) is 10.2 Å². The lowest BCUT2D eigenvalue weighted by molar-refractivity contribution is -0.139. The average Bonchev–Trinajstić information content (AvgIpc) is 2.90. The van der Waals surface area contributed by atoms with Gasteiger partial charge in [0.1, 0.15) is 0 Å². The van der Waals surface area contributed by atoms with E-state index < -0.39 is 22.0 Å². The van der Waals surface area contributed by atoms with Crippen molar-refractivity contribution in [3.63, 3.8) is 0 Å². The summed E-state index contributed by atoms with van der Waals surface area (Å²) in [4.78, 5) is 30.2. The molecule has 2 aliphatic heterocycles. The van der Waals surface area contributed by atoms with Crippen LogP contribution in [0, 0.1) is 0 Å². The molecule has 37 heavy (non-hydrogen) atoms. The summed E-state index contributed by atoms with van der Waals surface area (Å²) in [5.74, 6) is -0.499. The molecular formula is C26H31ClN4O5S. The molecule has 9 nitrogen and oxygen atoms in total. The minimum Gasteiger partial charge on any atom is -0.463 e. The van der Waals surface area contributed by atoms with Gasteiger partial charge in [-0.2, -0.15) is 4.31 Å². The second kappa shape index (κ2) is 11.6. The van der Waals surface area contributed by atoms with Gasteiger partial charge in [-0.15, -0.1) is 0 Å². The van der Waals surface area contributed by atoms with Gasteiger partial charge >= 0.3 is 12.0 Å². The van der Waals surface area contributed by atoms with Crippen LogP contribution in [-0.2, 0) is 19.6 Å². The van der Waals surface area contributed by atoms with Crippen molar-refractivity contribution in [3.05, 3.63) is 76.5 Å². The quantitative estimate of drug-likeness (QED) is 0.510. The standard InChI is InChI=1S/C26H31ClN4O5S/c1-3-31-22(18-29-14-16-30(17-15-29)37(34,35)21-8-6-5-7-9-21)23(25(32)36-4-2)24(28-26(31)33)19-10-12-20(27)13-11-19/h5-13,24H,3-4,14-18H2,1-2H3,(H,28,33). The van der Waals surface area contributed by atoms with Crippen LogP contribution in [0.1, 0.15) is 25.5 Å². The lowest BCUT2D eigenvalue weighted by Crippen LogP contribution is -2.53. The zero-order valence-corrected chi connectivity index (χ0v) is 22.5. The highest BCUT2D eigenvalue weighted by atomic mass is 35.5. The van der Waals surface area contributed by atoms with Crippen molar-refractivity contribution in [2.24, 2.45) is 0 Å². The molecule has 2 aliphatic rings. The molecule has 1 N–H and O–H groups in total. The highest BCUT2D eigenvalue weighted by Gasteiger charge is 2.39. The molecule has 4 rings (SSSR count). The third-order valence-corrected chi connectivity index (χ3v) is 8.70. The van der Waals surface area contributed by atoms with Crippen LogP contribution in [0.2, 0.25) is 5.02 Å². The molecule has 2 aromatic rings. The summed E-state index contributed by atoms with van der Waals surface area (Å²) in [7, 11) is -3.59. The molecule has 2 amide bonds. The van der Waals surface area contributed by atoms with Crippen molar-refractivity contribution < 1.29 is 22.7 Å². The predicted molar refractivity (Wildman–Crippen MR) is 140 cm³/mol. The summed E-state index contributed by atoms with van der Waals surface area (Å²) < 4.78 is 32.9. The van der Waals surface area contributed by atoms with Crippen molar-refractivity contribution in [3.8, 4) is 0 Å². The SMILES string of the molecule is CCOC(=O)C1=C(CN2CCN(S(=O)(=O)c3ccccc3)CC2)N(CC)C(=O)NC1c1ccc(Cl)cc1. The van der Waals surface area contributed by atoms with E-state index in [1.807, 2.05) is 6.92 Å². The summed E-state index contributed by atoms with van der Waals surface area (Å²) in [6.45, 7) is 5.96. The first-order valence-corrected chi connectivity index (χ1v) is 14.1. The fourth-order valence-corrected chi connectivity index (χ4v) is 6.21. The highest BCUT2D eigenvalue weighted by molar-refractivity contribution is 7.89. The van der Waals surface area contributed by atoms with Crippen LogP contribution in [0.5, 0.6) is 0 Å². The topological polar surface area (TPSA) is 99.3 Å². The van der Waals surface area contributed by atoms with Crippen LogP contribution in [0.4, 0.5) is 4.79 Å². The highest BCUT2D eigenvalue weighted by Crippen LogP contribution is 2.33. The number of benzene rings is 2. The lowest BCUT2D eigenvalue weighted by Gasteiger charge is -2.40. The second-order valence-electron chi connectivity index (χ2n) is 8.75. The summed E-state index contributed by atoms with van der Waals surface area (Å²) in [5, 5.41) is 3.48. The average molecular weight is 547 g/mol. The van der Waals surface area contributed by atoms with Crippen molar-refractivity contribution >= 4 is 33.6 Å². The summed E-state index contributed by atoms with van der Waals surface area (Å²) in [6, 6.07) is 14.4. The van der Waals surface area contributed by atoms with Crippen molar-refractivity contribution in [1.82, 2.24) is 19.4 Å². The first-order valence-electron chi connectivity index (χ1n) is 12.3. The molecular weight excluding hydrogens is 516 g/mol. The number of urea groups is 1. The molecule has 2 heterocycles. The minimum absolute atomic E-state index is 0.193. The number of halogens is 1. The van der Waals surface area contributed by atoms with E-state index in [1.165, 1.54) is 4.31 Å². The molecule has 11 heteroatoms. The van der Waals surface area contributed by atoms with Crippen molar-refractivity contribution in [2.75, 3.05) is 45.9 Å². The monoisotopic (exact) mass is 546 g/mol. The van der Waals surface area contributed by atoms with Crippen molar-refractivity contribution in [1.29, 1.82) is 0 Å². The van der Waals surface area contributed by atoms with Gasteiger partial charge in [-0.05, 0) is 43.7 Å². The molecule has 1 unspecified atom stereocenters. The molecule has 0 radical (unpaired) electrons. The normalized spacial score (nSPS) is 19.6. The van der Waals surface area contributed by atoms with E-state index in [0.29, 0.717) is 61.1 Å². The number of ether oxygens (including phenoxy) is 1. The van der Waals surface area contributed by atoms with Crippen LogP contribution in [0.15, 0.2) is 70.8 Å². The number of sulfonamides is 1. The Labute approximate surface area is 222 Å². The number of hydrogen-bond donors (Lipinski definition) is 1. The first-order chi connectivity index (χ1) is 17.8. The van der Waals surface area contributed by atoms with Gasteiger partial charge in [0.2, 0.25) is 10.0 Å². The Bertz CT molecular complexity index is 1260. The maximum atomic E-state index is 13.2. The predicted octanol–water partition coefficient (Wildman–Crippen LogP) is 3.25. The van der Waals surface area contributed by atoms with Crippen LogP contribution in [0.25, 0.3) is 0 Å². The maximum absolute atomic E-state index is 13.2. The first kappa shape index (κ1) is 27.1. The van der Waals surface area contributed by atoms with Crippen LogP contribution >= 0.6 is 11.6 Å². The van der Waals surface area contributed by atoms with Gasteiger partial charge in [0.25, 0.3) is 0 Å². The number of esters is 1. The fraction of sp³-hybridized carbons (Fsp3) is 0.385. The van der Waals surface area contributed by atoms with Gasteiger partial charge in [-0.25, -0.2) is 18.0 Å². The van der Waals surface area contributed by atoms with Gasteiger partial charge in [0.05, 0.1) is 23.1 Å². The number of carbonyl (C=O) groups excluding carboxylic acids is 2. The Morgan fingerprint density at radius 3 is 2.27 bits per heavy atom. The van der Waals surface area contributed by atoms with Crippen molar-refractivity contribution in [2.45, 2.75) is 24.8 Å². The Morgan fingerprint density at radius 2 is 1.68 bits per heavy atom. The molecule has 2 aromatic carbocycles. The minimum atomic E-state index is -3.59. The Hall–Kier alpha value is -2.92. The Morgan fingerprint density at radius 1 is 1.03 bits per heavy atom.